The lowest BCUT2D eigenvalue weighted by Gasteiger charge is -2.23. The molecule has 0 bridgehead atoms. The minimum atomic E-state index is -0.763. The molecule has 1 aliphatic carbocycles. The molecule has 0 radical (unpaired) electrons. The summed E-state index contributed by atoms with van der Waals surface area (Å²) in [4.78, 5) is 0. The van der Waals surface area contributed by atoms with Crippen molar-refractivity contribution in [3.63, 3.8) is 0 Å². The fourth-order valence-corrected chi connectivity index (χ4v) is 2.95. The normalized spacial score (nSPS) is 25.9. The minimum Gasteiger partial charge on any atom is -0.307 e. The molecule has 3 unspecified atom stereocenters. The van der Waals surface area contributed by atoms with Crippen LogP contribution in [0.15, 0.2) is 18.2 Å². The molecule has 19 heavy (non-hydrogen) atoms. The molecule has 3 atom stereocenters. The van der Waals surface area contributed by atoms with Crippen molar-refractivity contribution >= 4 is 0 Å². The standard InChI is InChI=1S/C16H23F2N/c1-11-5-3-6-13(10-9-11)19-12(2)14-7-4-8-15(17)16(14)18/h4,7-8,11-13,19H,3,5-6,9-10H2,1-2H3. The zero-order chi connectivity index (χ0) is 13.8. The van der Waals surface area contributed by atoms with Crippen LogP contribution < -0.4 is 5.32 Å². The Kier molecular flexibility index (Phi) is 4.92. The summed E-state index contributed by atoms with van der Waals surface area (Å²) in [5.74, 6) is -0.696. The van der Waals surface area contributed by atoms with Crippen LogP contribution in [0.5, 0.6) is 0 Å². The second kappa shape index (κ2) is 6.47. The molecule has 0 aliphatic heterocycles. The molecule has 0 heterocycles. The Morgan fingerprint density at radius 2 is 1.95 bits per heavy atom. The van der Waals surface area contributed by atoms with Gasteiger partial charge in [0.15, 0.2) is 11.6 Å². The maximum absolute atomic E-state index is 13.7. The summed E-state index contributed by atoms with van der Waals surface area (Å²) in [6.07, 6.45) is 5.97. The second-order valence-corrected chi connectivity index (χ2v) is 5.84. The van der Waals surface area contributed by atoms with Crippen molar-refractivity contribution in [1.82, 2.24) is 5.32 Å². The van der Waals surface area contributed by atoms with Gasteiger partial charge in [-0.05, 0) is 38.2 Å². The van der Waals surface area contributed by atoms with Crippen molar-refractivity contribution in [3.8, 4) is 0 Å². The summed E-state index contributed by atoms with van der Waals surface area (Å²) in [5, 5.41) is 3.46. The molecule has 0 saturated heterocycles. The van der Waals surface area contributed by atoms with E-state index in [-0.39, 0.29) is 6.04 Å². The van der Waals surface area contributed by atoms with E-state index in [1.54, 1.807) is 12.1 Å². The van der Waals surface area contributed by atoms with Gasteiger partial charge >= 0.3 is 0 Å². The number of nitrogens with one attached hydrogen (secondary N) is 1. The Balaban J connectivity index is 2.00. The van der Waals surface area contributed by atoms with Crippen LogP contribution in [0.3, 0.4) is 0 Å². The van der Waals surface area contributed by atoms with Crippen LogP contribution in [0, 0.1) is 17.6 Å². The number of hydrogen-bond donors (Lipinski definition) is 1. The second-order valence-electron chi connectivity index (χ2n) is 5.84. The first-order valence-corrected chi connectivity index (χ1v) is 7.28. The topological polar surface area (TPSA) is 12.0 Å². The van der Waals surface area contributed by atoms with E-state index in [9.17, 15) is 8.78 Å². The molecule has 1 saturated carbocycles. The first-order valence-electron chi connectivity index (χ1n) is 7.28. The van der Waals surface area contributed by atoms with E-state index in [4.69, 9.17) is 0 Å². The maximum Gasteiger partial charge on any atom is 0.163 e. The first kappa shape index (κ1) is 14.4. The lowest BCUT2D eigenvalue weighted by molar-refractivity contribution is 0.395. The third-order valence-electron chi connectivity index (χ3n) is 4.19. The van der Waals surface area contributed by atoms with Gasteiger partial charge in [0, 0.05) is 17.6 Å². The SMILES string of the molecule is CC1CCCC(NC(C)c2cccc(F)c2F)CC1. The van der Waals surface area contributed by atoms with Crippen LogP contribution in [-0.2, 0) is 0 Å². The minimum absolute atomic E-state index is 0.144. The van der Waals surface area contributed by atoms with Gasteiger partial charge in [0.25, 0.3) is 0 Å². The summed E-state index contributed by atoms with van der Waals surface area (Å²) >= 11 is 0. The molecule has 1 aliphatic rings. The van der Waals surface area contributed by atoms with Gasteiger partial charge in [0.05, 0.1) is 0 Å². The lowest BCUT2D eigenvalue weighted by Crippen LogP contribution is -2.31. The molecule has 2 rings (SSSR count). The molecular weight excluding hydrogens is 244 g/mol. The van der Waals surface area contributed by atoms with Crippen LogP contribution in [0.1, 0.15) is 57.6 Å². The average molecular weight is 267 g/mol. The highest BCUT2D eigenvalue weighted by molar-refractivity contribution is 5.22. The molecule has 1 N–H and O–H groups in total. The molecule has 1 aromatic rings. The van der Waals surface area contributed by atoms with Crippen LogP contribution in [0.2, 0.25) is 0 Å². The van der Waals surface area contributed by atoms with Crippen molar-refractivity contribution < 1.29 is 8.78 Å². The summed E-state index contributed by atoms with van der Waals surface area (Å²) < 4.78 is 27.0. The molecule has 3 heteroatoms. The van der Waals surface area contributed by atoms with Crippen molar-refractivity contribution in [2.45, 2.75) is 58.0 Å². The number of hydrogen-bond acceptors (Lipinski definition) is 1. The molecule has 1 aromatic carbocycles. The van der Waals surface area contributed by atoms with Gasteiger partial charge in [0.2, 0.25) is 0 Å². The predicted molar refractivity (Wildman–Crippen MR) is 73.9 cm³/mol. The molecular formula is C16H23F2N. The Labute approximate surface area is 114 Å². The van der Waals surface area contributed by atoms with E-state index in [0.29, 0.717) is 11.6 Å². The maximum atomic E-state index is 13.7. The van der Waals surface area contributed by atoms with Gasteiger partial charge in [-0.2, -0.15) is 0 Å². The summed E-state index contributed by atoms with van der Waals surface area (Å²) in [5.41, 5.74) is 0.428. The smallest absolute Gasteiger partial charge is 0.163 e. The molecule has 0 amide bonds. The van der Waals surface area contributed by atoms with Gasteiger partial charge in [-0.15, -0.1) is 0 Å². The highest BCUT2D eigenvalue weighted by Gasteiger charge is 2.20. The third-order valence-corrected chi connectivity index (χ3v) is 4.19. The molecule has 1 fully saturated rings. The number of benzene rings is 1. The average Bonchev–Trinajstić information content (AvgIpc) is 2.58. The van der Waals surface area contributed by atoms with Gasteiger partial charge in [-0.1, -0.05) is 31.9 Å². The Morgan fingerprint density at radius 3 is 2.74 bits per heavy atom. The number of rotatable bonds is 3. The van der Waals surface area contributed by atoms with E-state index < -0.39 is 11.6 Å². The highest BCUT2D eigenvalue weighted by Crippen LogP contribution is 2.25. The largest absolute Gasteiger partial charge is 0.307 e. The zero-order valence-electron chi connectivity index (χ0n) is 11.8. The van der Waals surface area contributed by atoms with E-state index in [0.717, 1.165) is 18.8 Å². The van der Waals surface area contributed by atoms with Crippen molar-refractivity contribution in [3.05, 3.63) is 35.4 Å². The molecule has 1 nitrogen and oxygen atoms in total. The van der Waals surface area contributed by atoms with E-state index in [1.807, 2.05) is 6.92 Å². The van der Waals surface area contributed by atoms with Gasteiger partial charge < -0.3 is 5.32 Å². The fraction of sp³-hybridized carbons (Fsp3) is 0.625. The van der Waals surface area contributed by atoms with Gasteiger partial charge in [-0.3, -0.25) is 0 Å². The Bertz CT molecular complexity index is 419. The Hall–Kier alpha value is -0.960. The van der Waals surface area contributed by atoms with Crippen LogP contribution in [0.25, 0.3) is 0 Å². The molecule has 106 valence electrons. The monoisotopic (exact) mass is 267 g/mol. The van der Waals surface area contributed by atoms with E-state index in [1.165, 1.54) is 25.3 Å². The third kappa shape index (κ3) is 3.75. The van der Waals surface area contributed by atoms with Crippen molar-refractivity contribution in [2.75, 3.05) is 0 Å². The van der Waals surface area contributed by atoms with Gasteiger partial charge in [-0.25, -0.2) is 8.78 Å². The van der Waals surface area contributed by atoms with E-state index in [2.05, 4.69) is 12.2 Å². The summed E-state index contributed by atoms with van der Waals surface area (Å²) in [6, 6.07) is 4.67. The van der Waals surface area contributed by atoms with Gasteiger partial charge in [0.1, 0.15) is 0 Å². The summed E-state index contributed by atoms with van der Waals surface area (Å²) in [7, 11) is 0. The zero-order valence-corrected chi connectivity index (χ0v) is 11.8. The van der Waals surface area contributed by atoms with Crippen LogP contribution >= 0.6 is 0 Å². The van der Waals surface area contributed by atoms with Crippen LogP contribution in [-0.4, -0.2) is 6.04 Å². The van der Waals surface area contributed by atoms with Crippen LogP contribution in [0.4, 0.5) is 8.78 Å². The summed E-state index contributed by atoms with van der Waals surface area (Å²) in [6.45, 7) is 4.20. The molecule has 0 aromatic heterocycles. The number of halogens is 2. The predicted octanol–water partition coefficient (Wildman–Crippen LogP) is 4.58. The first-order chi connectivity index (χ1) is 9.08. The van der Waals surface area contributed by atoms with Crippen molar-refractivity contribution in [2.24, 2.45) is 5.92 Å². The van der Waals surface area contributed by atoms with E-state index >= 15 is 0 Å². The quantitative estimate of drug-likeness (QED) is 0.790. The lowest BCUT2D eigenvalue weighted by atomic mass is 10.0. The molecule has 0 spiro atoms. The fourth-order valence-electron chi connectivity index (χ4n) is 2.95. The van der Waals surface area contributed by atoms with Crippen molar-refractivity contribution in [1.29, 1.82) is 0 Å². The Morgan fingerprint density at radius 1 is 1.16 bits per heavy atom. The highest BCUT2D eigenvalue weighted by atomic mass is 19.2.